The summed E-state index contributed by atoms with van der Waals surface area (Å²) in [5, 5.41) is 14.5. The Morgan fingerprint density at radius 3 is 2.48 bits per heavy atom. The Hall–Kier alpha value is -3.37. The summed E-state index contributed by atoms with van der Waals surface area (Å²) in [6, 6.07) is 15.2. The van der Waals surface area contributed by atoms with Gasteiger partial charge in [-0.25, -0.2) is 0 Å². The van der Waals surface area contributed by atoms with E-state index in [4.69, 9.17) is 10.00 Å². The molecule has 2 N–H and O–H groups in total. The molecule has 1 atom stereocenters. The van der Waals surface area contributed by atoms with Crippen molar-refractivity contribution in [2.45, 2.75) is 13.0 Å². The number of anilines is 2. The van der Waals surface area contributed by atoms with Gasteiger partial charge in [-0.05, 0) is 56.4 Å². The van der Waals surface area contributed by atoms with Gasteiger partial charge >= 0.3 is 0 Å². The molecule has 0 aliphatic carbocycles. The van der Waals surface area contributed by atoms with Gasteiger partial charge in [0.15, 0.2) is 0 Å². The maximum Gasteiger partial charge on any atom is 0.241 e. The lowest BCUT2D eigenvalue weighted by Crippen LogP contribution is -2.43. The third-order valence-electron chi connectivity index (χ3n) is 4.07. The van der Waals surface area contributed by atoms with Gasteiger partial charge in [0.1, 0.15) is 5.75 Å². The number of likely N-dealkylation sites (N-methyl/N-ethyl adjacent to an activating group) is 1. The minimum Gasteiger partial charge on any atom is -0.497 e. The van der Waals surface area contributed by atoms with E-state index in [9.17, 15) is 9.59 Å². The fraction of sp³-hybridized carbons (Fsp3) is 0.250. The van der Waals surface area contributed by atoms with E-state index in [-0.39, 0.29) is 18.4 Å². The number of methoxy groups -OCH3 is 1. The highest BCUT2D eigenvalue weighted by Crippen LogP contribution is 2.15. The zero-order valence-corrected chi connectivity index (χ0v) is 15.5. The Labute approximate surface area is 158 Å². The van der Waals surface area contributed by atoms with Gasteiger partial charge in [-0.3, -0.25) is 14.5 Å². The number of carbonyl (C=O) groups is 2. The first-order valence-electron chi connectivity index (χ1n) is 8.38. The molecule has 0 fully saturated rings. The molecule has 7 nitrogen and oxygen atoms in total. The van der Waals surface area contributed by atoms with Crippen molar-refractivity contribution in [3.8, 4) is 11.8 Å². The zero-order valence-electron chi connectivity index (χ0n) is 15.5. The van der Waals surface area contributed by atoms with E-state index in [1.165, 1.54) is 0 Å². The molecule has 0 bridgehead atoms. The van der Waals surface area contributed by atoms with E-state index < -0.39 is 6.04 Å². The number of rotatable bonds is 7. The zero-order chi connectivity index (χ0) is 19.8. The van der Waals surface area contributed by atoms with Crippen molar-refractivity contribution in [2.75, 3.05) is 31.3 Å². The Morgan fingerprint density at radius 1 is 1.15 bits per heavy atom. The Bertz CT molecular complexity index is 843. The van der Waals surface area contributed by atoms with E-state index in [1.54, 1.807) is 74.5 Å². The standard InChI is InChI=1S/C20H22N4O3/c1-14(20(26)23-17-6-4-5-15(11-17)12-21)24(2)13-19(25)22-16-7-9-18(27-3)10-8-16/h4-11,14H,13H2,1-3H3,(H,22,25)(H,23,26)/t14-/m0/s1. The van der Waals surface area contributed by atoms with Gasteiger partial charge in [-0.2, -0.15) is 5.26 Å². The second-order valence-corrected chi connectivity index (χ2v) is 6.05. The predicted octanol–water partition coefficient (Wildman–Crippen LogP) is 2.46. The van der Waals surface area contributed by atoms with Crippen LogP contribution < -0.4 is 15.4 Å². The van der Waals surface area contributed by atoms with Crippen molar-refractivity contribution in [2.24, 2.45) is 0 Å². The number of carbonyl (C=O) groups excluding carboxylic acids is 2. The molecule has 0 saturated carbocycles. The largest absolute Gasteiger partial charge is 0.497 e. The second kappa shape index (κ2) is 9.36. The van der Waals surface area contributed by atoms with Gasteiger partial charge in [-0.1, -0.05) is 6.07 Å². The maximum absolute atomic E-state index is 12.4. The number of nitrogens with zero attached hydrogens (tertiary/aromatic N) is 2. The lowest BCUT2D eigenvalue weighted by molar-refractivity contribution is -0.122. The van der Waals surface area contributed by atoms with Crippen LogP contribution in [0, 0.1) is 11.3 Å². The van der Waals surface area contributed by atoms with Gasteiger partial charge in [0.05, 0.1) is 31.3 Å². The van der Waals surface area contributed by atoms with E-state index in [0.717, 1.165) is 0 Å². The summed E-state index contributed by atoms with van der Waals surface area (Å²) in [7, 11) is 3.27. The fourth-order valence-corrected chi connectivity index (χ4v) is 2.35. The molecule has 2 aromatic carbocycles. The maximum atomic E-state index is 12.4. The molecule has 2 rings (SSSR count). The van der Waals surface area contributed by atoms with Gasteiger partial charge < -0.3 is 15.4 Å². The van der Waals surface area contributed by atoms with Crippen LogP contribution >= 0.6 is 0 Å². The van der Waals surface area contributed by atoms with E-state index >= 15 is 0 Å². The molecule has 140 valence electrons. The van der Waals surface area contributed by atoms with Crippen LogP contribution in [0.15, 0.2) is 48.5 Å². The minimum atomic E-state index is -0.530. The van der Waals surface area contributed by atoms with Crippen LogP contribution in [0.5, 0.6) is 5.75 Å². The smallest absolute Gasteiger partial charge is 0.241 e. The van der Waals surface area contributed by atoms with Crippen LogP contribution in [0.3, 0.4) is 0 Å². The quantitative estimate of drug-likeness (QED) is 0.785. The highest BCUT2D eigenvalue weighted by atomic mass is 16.5. The third-order valence-corrected chi connectivity index (χ3v) is 4.07. The first-order chi connectivity index (χ1) is 12.9. The minimum absolute atomic E-state index is 0.0544. The molecular formula is C20H22N4O3. The van der Waals surface area contributed by atoms with Crippen molar-refractivity contribution < 1.29 is 14.3 Å². The van der Waals surface area contributed by atoms with Crippen LogP contribution in [0.4, 0.5) is 11.4 Å². The van der Waals surface area contributed by atoms with Gasteiger partial charge in [-0.15, -0.1) is 0 Å². The summed E-state index contributed by atoms with van der Waals surface area (Å²) in [5.41, 5.74) is 1.66. The molecule has 0 radical (unpaired) electrons. The molecule has 0 unspecified atom stereocenters. The number of amides is 2. The van der Waals surface area contributed by atoms with Gasteiger partial charge in [0.2, 0.25) is 11.8 Å². The lowest BCUT2D eigenvalue weighted by atomic mass is 10.2. The molecule has 2 aromatic rings. The average molecular weight is 366 g/mol. The van der Waals surface area contributed by atoms with Crippen molar-refractivity contribution in [1.82, 2.24) is 4.90 Å². The summed E-state index contributed by atoms with van der Waals surface area (Å²) in [5.74, 6) is 0.217. The Morgan fingerprint density at radius 2 is 1.85 bits per heavy atom. The number of hydrogen-bond acceptors (Lipinski definition) is 5. The van der Waals surface area contributed by atoms with Gasteiger partial charge in [0.25, 0.3) is 0 Å². The molecule has 0 aliphatic heterocycles. The number of nitriles is 1. The molecule has 0 aromatic heterocycles. The molecule has 2 amide bonds. The van der Waals surface area contributed by atoms with Crippen LogP contribution in [-0.2, 0) is 9.59 Å². The van der Waals surface area contributed by atoms with Crippen molar-refractivity contribution in [1.29, 1.82) is 5.26 Å². The normalized spacial score (nSPS) is 11.4. The molecule has 0 spiro atoms. The predicted molar refractivity (Wildman–Crippen MR) is 104 cm³/mol. The topological polar surface area (TPSA) is 94.5 Å². The Kier molecular flexibility index (Phi) is 6.92. The average Bonchev–Trinajstić information content (AvgIpc) is 2.67. The number of hydrogen-bond donors (Lipinski definition) is 2. The molecule has 27 heavy (non-hydrogen) atoms. The van der Waals surface area contributed by atoms with E-state index in [0.29, 0.717) is 22.7 Å². The first kappa shape index (κ1) is 19.9. The summed E-state index contributed by atoms with van der Waals surface area (Å²) in [4.78, 5) is 26.2. The molecule has 7 heteroatoms. The summed E-state index contributed by atoms with van der Waals surface area (Å²) >= 11 is 0. The van der Waals surface area contributed by atoms with Crippen LogP contribution in [-0.4, -0.2) is 43.5 Å². The number of ether oxygens (including phenoxy) is 1. The van der Waals surface area contributed by atoms with E-state index in [1.807, 2.05) is 6.07 Å². The number of nitrogens with one attached hydrogen (secondary N) is 2. The van der Waals surface area contributed by atoms with Crippen molar-refractivity contribution in [3.05, 3.63) is 54.1 Å². The highest BCUT2D eigenvalue weighted by Gasteiger charge is 2.20. The van der Waals surface area contributed by atoms with Gasteiger partial charge in [0, 0.05) is 11.4 Å². The molecule has 0 aliphatic rings. The lowest BCUT2D eigenvalue weighted by Gasteiger charge is -2.23. The van der Waals surface area contributed by atoms with E-state index in [2.05, 4.69) is 10.6 Å². The summed E-state index contributed by atoms with van der Waals surface area (Å²) < 4.78 is 5.08. The molecule has 0 heterocycles. The molecule has 0 saturated heterocycles. The molecular weight excluding hydrogens is 344 g/mol. The second-order valence-electron chi connectivity index (χ2n) is 6.05. The van der Waals surface area contributed by atoms with Crippen LogP contribution in [0.25, 0.3) is 0 Å². The summed E-state index contributed by atoms with van der Waals surface area (Å²) in [6.45, 7) is 1.77. The Balaban J connectivity index is 1.89. The van der Waals surface area contributed by atoms with Crippen LogP contribution in [0.2, 0.25) is 0 Å². The first-order valence-corrected chi connectivity index (χ1v) is 8.38. The number of benzene rings is 2. The van der Waals surface area contributed by atoms with Crippen LogP contribution in [0.1, 0.15) is 12.5 Å². The monoisotopic (exact) mass is 366 g/mol. The SMILES string of the molecule is COc1ccc(NC(=O)CN(C)[C@@H](C)C(=O)Nc2cccc(C#N)c2)cc1. The highest BCUT2D eigenvalue weighted by molar-refractivity contribution is 5.96. The summed E-state index contributed by atoms with van der Waals surface area (Å²) in [6.07, 6.45) is 0. The van der Waals surface area contributed by atoms with Crippen molar-refractivity contribution >= 4 is 23.2 Å². The fourth-order valence-electron chi connectivity index (χ4n) is 2.35. The third kappa shape index (κ3) is 5.83. The van der Waals surface area contributed by atoms with Crippen molar-refractivity contribution in [3.63, 3.8) is 0 Å².